The van der Waals surface area contributed by atoms with E-state index >= 15 is 0 Å². The van der Waals surface area contributed by atoms with Gasteiger partial charge in [-0.3, -0.25) is 4.90 Å². The van der Waals surface area contributed by atoms with Crippen molar-refractivity contribution in [1.82, 2.24) is 14.9 Å². The van der Waals surface area contributed by atoms with Crippen LogP contribution in [0.15, 0.2) is 12.1 Å². The molecule has 5 unspecified atom stereocenters. The van der Waals surface area contributed by atoms with Crippen molar-refractivity contribution in [2.24, 2.45) is 0 Å². The quantitative estimate of drug-likeness (QED) is 0.535. The molecule has 2 aromatic rings. The van der Waals surface area contributed by atoms with Gasteiger partial charge in [-0.05, 0) is 75.5 Å². The van der Waals surface area contributed by atoms with Crippen LogP contribution in [0.4, 0.5) is 15.9 Å². The third kappa shape index (κ3) is 4.20. The van der Waals surface area contributed by atoms with Crippen LogP contribution in [0.3, 0.4) is 0 Å². The Morgan fingerprint density at radius 3 is 2.88 bits per heavy atom. The zero-order valence-corrected chi connectivity index (χ0v) is 23.8. The minimum atomic E-state index is -0.760. The molecule has 3 saturated heterocycles. The lowest BCUT2D eigenvalue weighted by atomic mass is 9.69. The highest BCUT2D eigenvalue weighted by molar-refractivity contribution is 5.64. The Morgan fingerprint density at radius 2 is 2.05 bits per heavy atom. The SMILES string of the molecule is CC1CCC2(Cc3nc(CCC45CCCN4CC(F)C5)nc(N4CCCC4C#N)c3CO2)c2c1ccc(N)c2C#N. The second-order valence-corrected chi connectivity index (χ2v) is 12.9. The Morgan fingerprint density at radius 1 is 1.17 bits per heavy atom. The number of halogens is 1. The van der Waals surface area contributed by atoms with Gasteiger partial charge < -0.3 is 15.4 Å². The van der Waals surface area contributed by atoms with Crippen LogP contribution < -0.4 is 10.6 Å². The fourth-order valence-corrected chi connectivity index (χ4v) is 8.56. The van der Waals surface area contributed by atoms with Crippen molar-refractivity contribution in [2.45, 2.75) is 107 Å². The number of benzene rings is 1. The predicted molar refractivity (Wildman–Crippen MR) is 153 cm³/mol. The van der Waals surface area contributed by atoms with Crippen molar-refractivity contribution in [1.29, 1.82) is 10.5 Å². The number of nitrogens with zero attached hydrogens (tertiary/aromatic N) is 6. The molecule has 4 aliphatic heterocycles. The Hall–Kier alpha value is -3.27. The number of rotatable bonds is 4. The second kappa shape index (κ2) is 9.93. The fourth-order valence-electron chi connectivity index (χ4n) is 8.56. The van der Waals surface area contributed by atoms with Gasteiger partial charge in [0.15, 0.2) is 0 Å². The number of nitrogens with two attached hydrogens (primary N) is 1. The molecule has 5 aliphatic rings. The first-order valence-corrected chi connectivity index (χ1v) is 15.3. The first-order chi connectivity index (χ1) is 19.9. The van der Waals surface area contributed by atoms with E-state index in [-0.39, 0.29) is 11.6 Å². The maximum atomic E-state index is 14.5. The van der Waals surface area contributed by atoms with E-state index in [1.807, 2.05) is 6.07 Å². The molecule has 8 nitrogen and oxygen atoms in total. The Balaban J connectivity index is 1.29. The van der Waals surface area contributed by atoms with Crippen molar-refractivity contribution in [3.8, 4) is 12.1 Å². The molecule has 9 heteroatoms. The van der Waals surface area contributed by atoms with Crippen LogP contribution in [-0.2, 0) is 29.8 Å². The summed E-state index contributed by atoms with van der Waals surface area (Å²) in [6.45, 7) is 4.81. The molecule has 1 aromatic carbocycles. The number of hydrogen-bond donors (Lipinski definition) is 1. The Kier molecular flexibility index (Phi) is 6.44. The van der Waals surface area contributed by atoms with Crippen LogP contribution in [0.1, 0.15) is 98.0 Å². The molecule has 5 heterocycles. The standard InChI is InChI=1S/C32H38FN7O/c1-20-7-11-32(29-23(20)5-6-26(36)24(29)17-35)15-27-25(19-41-32)30(40-13-2-4-22(40)16-34)38-28(37-27)8-10-31-9-3-12-39(31)18-21(33)14-31/h5-6,20-22H,2-4,7-15,18-19,36H2,1H3. The number of alkyl halides is 1. The van der Waals surface area contributed by atoms with Crippen molar-refractivity contribution in [3.63, 3.8) is 0 Å². The summed E-state index contributed by atoms with van der Waals surface area (Å²) in [5, 5.41) is 20.1. The lowest BCUT2D eigenvalue weighted by Gasteiger charge is -2.45. The Bertz CT molecular complexity index is 1470. The van der Waals surface area contributed by atoms with Crippen LogP contribution in [0, 0.1) is 22.7 Å². The molecule has 214 valence electrons. The normalized spacial score (nSPS) is 32.4. The summed E-state index contributed by atoms with van der Waals surface area (Å²) in [6.07, 6.45) is 7.53. The topological polar surface area (TPSA) is 115 Å². The molecule has 7 rings (SSSR count). The minimum absolute atomic E-state index is 0.0936. The van der Waals surface area contributed by atoms with Gasteiger partial charge in [0.2, 0.25) is 0 Å². The average Bonchev–Trinajstić information content (AvgIpc) is 3.67. The summed E-state index contributed by atoms with van der Waals surface area (Å²) >= 11 is 0. The number of fused-ring (bicyclic) bond motifs is 4. The van der Waals surface area contributed by atoms with Gasteiger partial charge in [-0.1, -0.05) is 13.0 Å². The molecule has 41 heavy (non-hydrogen) atoms. The third-order valence-electron chi connectivity index (χ3n) is 10.7. The highest BCUT2D eigenvalue weighted by atomic mass is 19.1. The maximum absolute atomic E-state index is 14.5. The molecule has 3 fully saturated rings. The summed E-state index contributed by atoms with van der Waals surface area (Å²) in [4.78, 5) is 14.8. The number of aromatic nitrogens is 2. The van der Waals surface area contributed by atoms with Crippen LogP contribution in [0.25, 0.3) is 0 Å². The number of nitrogen functional groups attached to an aromatic ring is 1. The van der Waals surface area contributed by atoms with Crippen molar-refractivity contribution < 1.29 is 9.13 Å². The largest absolute Gasteiger partial charge is 0.398 e. The average molecular weight is 556 g/mol. The van der Waals surface area contributed by atoms with E-state index in [1.54, 1.807) is 0 Å². The maximum Gasteiger partial charge on any atom is 0.139 e. The van der Waals surface area contributed by atoms with Gasteiger partial charge >= 0.3 is 0 Å². The zero-order valence-electron chi connectivity index (χ0n) is 23.8. The van der Waals surface area contributed by atoms with Gasteiger partial charge in [0.1, 0.15) is 35.5 Å². The molecule has 0 radical (unpaired) electrons. The summed E-state index contributed by atoms with van der Waals surface area (Å²) < 4.78 is 21.3. The second-order valence-electron chi connectivity index (χ2n) is 12.9. The third-order valence-corrected chi connectivity index (χ3v) is 10.7. The van der Waals surface area contributed by atoms with E-state index in [4.69, 9.17) is 20.4 Å². The first-order valence-electron chi connectivity index (χ1n) is 15.3. The molecule has 5 atom stereocenters. The molecular weight excluding hydrogens is 517 g/mol. The molecule has 2 N–H and O–H groups in total. The molecular formula is C32H38FN7O. The number of nitriles is 2. The van der Waals surface area contributed by atoms with Crippen molar-refractivity contribution in [2.75, 3.05) is 30.3 Å². The highest BCUT2D eigenvalue weighted by Crippen LogP contribution is 2.51. The zero-order chi connectivity index (χ0) is 28.4. The number of anilines is 2. The van der Waals surface area contributed by atoms with E-state index in [1.165, 1.54) is 0 Å². The van der Waals surface area contributed by atoms with E-state index in [0.717, 1.165) is 92.1 Å². The lowest BCUT2D eigenvalue weighted by molar-refractivity contribution is -0.0872. The molecule has 1 spiro atoms. The van der Waals surface area contributed by atoms with E-state index in [0.29, 0.717) is 49.6 Å². The highest BCUT2D eigenvalue weighted by Gasteiger charge is 2.49. The van der Waals surface area contributed by atoms with E-state index in [9.17, 15) is 14.9 Å². The van der Waals surface area contributed by atoms with Gasteiger partial charge in [-0.25, -0.2) is 14.4 Å². The molecule has 0 amide bonds. The summed E-state index contributed by atoms with van der Waals surface area (Å²) in [6, 6.07) is 8.53. The fraction of sp³-hybridized carbons (Fsp3) is 0.625. The van der Waals surface area contributed by atoms with Gasteiger partial charge in [-0.2, -0.15) is 10.5 Å². The van der Waals surface area contributed by atoms with Gasteiger partial charge in [0.25, 0.3) is 0 Å². The monoisotopic (exact) mass is 555 g/mol. The van der Waals surface area contributed by atoms with Crippen LogP contribution in [0.2, 0.25) is 0 Å². The summed E-state index contributed by atoms with van der Waals surface area (Å²) in [5.41, 5.74) is 10.5. The van der Waals surface area contributed by atoms with Gasteiger partial charge in [0, 0.05) is 48.3 Å². The molecule has 1 aliphatic carbocycles. The van der Waals surface area contributed by atoms with Crippen molar-refractivity contribution >= 4 is 11.5 Å². The predicted octanol–water partition coefficient (Wildman–Crippen LogP) is 4.80. The summed E-state index contributed by atoms with van der Waals surface area (Å²) in [5.74, 6) is 1.89. The molecule has 0 bridgehead atoms. The lowest BCUT2D eigenvalue weighted by Crippen LogP contribution is -2.42. The molecule has 0 saturated carbocycles. The van der Waals surface area contributed by atoms with Crippen LogP contribution >= 0.6 is 0 Å². The van der Waals surface area contributed by atoms with E-state index < -0.39 is 11.8 Å². The number of ether oxygens (including phenoxy) is 1. The smallest absolute Gasteiger partial charge is 0.139 e. The Labute approximate surface area is 241 Å². The summed E-state index contributed by atoms with van der Waals surface area (Å²) in [7, 11) is 0. The van der Waals surface area contributed by atoms with Gasteiger partial charge in [0.05, 0.1) is 23.9 Å². The number of aryl methyl sites for hydroxylation is 1. The number of hydrogen-bond acceptors (Lipinski definition) is 8. The van der Waals surface area contributed by atoms with Gasteiger partial charge in [-0.15, -0.1) is 0 Å². The van der Waals surface area contributed by atoms with Crippen LogP contribution in [-0.4, -0.2) is 52.3 Å². The van der Waals surface area contributed by atoms with E-state index in [2.05, 4.69) is 34.9 Å². The first kappa shape index (κ1) is 26.6. The minimum Gasteiger partial charge on any atom is -0.398 e. The van der Waals surface area contributed by atoms with Crippen molar-refractivity contribution in [3.05, 3.63) is 45.9 Å². The van der Waals surface area contributed by atoms with Crippen LogP contribution in [0.5, 0.6) is 0 Å². The molecule has 1 aromatic heterocycles.